The summed E-state index contributed by atoms with van der Waals surface area (Å²) >= 11 is 1.72. The van der Waals surface area contributed by atoms with E-state index in [1.54, 1.807) is 11.3 Å². The number of carbonyl (C=O) groups is 1. The lowest BCUT2D eigenvalue weighted by Crippen LogP contribution is -2.36. The lowest BCUT2D eigenvalue weighted by atomic mass is 9.89. The minimum absolute atomic E-state index is 0.0492. The fourth-order valence-electron chi connectivity index (χ4n) is 1.51. The van der Waals surface area contributed by atoms with E-state index in [2.05, 4.69) is 42.3 Å². The molecular formula is C11H17NO2S. The van der Waals surface area contributed by atoms with E-state index in [-0.39, 0.29) is 11.5 Å². The van der Waals surface area contributed by atoms with Crippen LogP contribution in [0.25, 0.3) is 0 Å². The normalized spacial score (nSPS) is 11.2. The third-order valence-electron chi connectivity index (χ3n) is 2.34. The molecular weight excluding hydrogens is 210 g/mol. The second-order valence-electron chi connectivity index (χ2n) is 4.16. The van der Waals surface area contributed by atoms with E-state index in [1.165, 1.54) is 17.6 Å². The Kier molecular flexibility index (Phi) is 3.74. The maximum absolute atomic E-state index is 11.0. The average molecular weight is 227 g/mol. The minimum atomic E-state index is -0.378. The zero-order valence-electron chi connectivity index (χ0n) is 9.59. The quantitative estimate of drug-likeness (QED) is 0.862. The van der Waals surface area contributed by atoms with Crippen molar-refractivity contribution in [1.29, 1.82) is 0 Å². The van der Waals surface area contributed by atoms with Crippen LogP contribution in [0.3, 0.4) is 0 Å². The number of hydrogen-bond donors (Lipinski definition) is 1. The van der Waals surface area contributed by atoms with Crippen molar-refractivity contribution >= 4 is 17.4 Å². The summed E-state index contributed by atoms with van der Waals surface area (Å²) in [6, 6.07) is 2.10. The SMILES string of the molecule is COC(=O)NCC(C)(C)c1sccc1C. The van der Waals surface area contributed by atoms with Crippen molar-refractivity contribution in [3.05, 3.63) is 21.9 Å². The fourth-order valence-corrected chi connectivity index (χ4v) is 2.57. The van der Waals surface area contributed by atoms with E-state index in [9.17, 15) is 4.79 Å². The van der Waals surface area contributed by atoms with Gasteiger partial charge in [-0.3, -0.25) is 0 Å². The van der Waals surface area contributed by atoms with Crippen molar-refractivity contribution in [2.75, 3.05) is 13.7 Å². The Morgan fingerprint density at radius 2 is 2.27 bits per heavy atom. The Bertz CT molecular complexity index is 344. The third kappa shape index (κ3) is 2.96. The summed E-state index contributed by atoms with van der Waals surface area (Å²) in [5.41, 5.74) is 1.23. The van der Waals surface area contributed by atoms with E-state index >= 15 is 0 Å². The molecule has 0 aromatic carbocycles. The smallest absolute Gasteiger partial charge is 0.406 e. The second kappa shape index (κ2) is 4.66. The van der Waals surface area contributed by atoms with Crippen LogP contribution in [0.2, 0.25) is 0 Å². The van der Waals surface area contributed by atoms with E-state index in [0.717, 1.165) is 0 Å². The second-order valence-corrected chi connectivity index (χ2v) is 5.08. The number of thiophene rings is 1. The maximum Gasteiger partial charge on any atom is 0.406 e. The van der Waals surface area contributed by atoms with Gasteiger partial charge in [0, 0.05) is 16.8 Å². The van der Waals surface area contributed by atoms with Gasteiger partial charge in [-0.2, -0.15) is 0 Å². The summed E-state index contributed by atoms with van der Waals surface area (Å²) in [7, 11) is 1.37. The summed E-state index contributed by atoms with van der Waals surface area (Å²) in [4.78, 5) is 12.3. The molecule has 0 radical (unpaired) electrons. The van der Waals surface area contributed by atoms with Gasteiger partial charge in [-0.25, -0.2) is 4.79 Å². The number of hydrogen-bond acceptors (Lipinski definition) is 3. The zero-order valence-corrected chi connectivity index (χ0v) is 10.4. The van der Waals surface area contributed by atoms with Crippen molar-refractivity contribution in [2.45, 2.75) is 26.2 Å². The number of alkyl carbamates (subject to hydrolysis) is 1. The molecule has 0 spiro atoms. The molecule has 0 aliphatic heterocycles. The Morgan fingerprint density at radius 1 is 1.60 bits per heavy atom. The average Bonchev–Trinajstić information content (AvgIpc) is 2.61. The van der Waals surface area contributed by atoms with Crippen molar-refractivity contribution in [3.8, 4) is 0 Å². The number of rotatable bonds is 3. The van der Waals surface area contributed by atoms with Crippen LogP contribution >= 0.6 is 11.3 Å². The maximum atomic E-state index is 11.0. The van der Waals surface area contributed by atoms with Gasteiger partial charge in [0.15, 0.2) is 0 Å². The molecule has 1 aromatic heterocycles. The minimum Gasteiger partial charge on any atom is -0.453 e. The number of ether oxygens (including phenoxy) is 1. The first-order chi connectivity index (χ1) is 6.97. The Labute approximate surface area is 94.5 Å². The zero-order chi connectivity index (χ0) is 11.5. The van der Waals surface area contributed by atoms with Gasteiger partial charge >= 0.3 is 6.09 Å². The molecule has 1 N–H and O–H groups in total. The molecule has 0 saturated carbocycles. The molecule has 4 heteroatoms. The van der Waals surface area contributed by atoms with Crippen LogP contribution in [-0.4, -0.2) is 19.7 Å². The highest BCUT2D eigenvalue weighted by atomic mass is 32.1. The van der Waals surface area contributed by atoms with Crippen LogP contribution in [-0.2, 0) is 10.2 Å². The van der Waals surface area contributed by atoms with Gasteiger partial charge in [0.2, 0.25) is 0 Å². The Balaban J connectivity index is 2.67. The summed E-state index contributed by atoms with van der Waals surface area (Å²) in [5.74, 6) is 0. The Morgan fingerprint density at radius 3 is 2.73 bits per heavy atom. The molecule has 0 atom stereocenters. The number of carbonyl (C=O) groups excluding carboxylic acids is 1. The van der Waals surface area contributed by atoms with Crippen molar-refractivity contribution in [3.63, 3.8) is 0 Å². The molecule has 3 nitrogen and oxygen atoms in total. The molecule has 0 aliphatic carbocycles. The van der Waals surface area contributed by atoms with Crippen molar-refractivity contribution in [2.24, 2.45) is 0 Å². The molecule has 0 unspecified atom stereocenters. The molecule has 84 valence electrons. The molecule has 1 rings (SSSR count). The summed E-state index contributed by atoms with van der Waals surface area (Å²) in [6.07, 6.45) is -0.378. The highest BCUT2D eigenvalue weighted by molar-refractivity contribution is 7.10. The first-order valence-corrected chi connectivity index (χ1v) is 5.72. The van der Waals surface area contributed by atoms with Crippen LogP contribution < -0.4 is 5.32 Å². The Hall–Kier alpha value is -1.03. The lowest BCUT2D eigenvalue weighted by molar-refractivity contribution is 0.168. The van der Waals surface area contributed by atoms with E-state index in [4.69, 9.17) is 0 Å². The topological polar surface area (TPSA) is 38.3 Å². The monoisotopic (exact) mass is 227 g/mol. The number of aryl methyl sites for hydroxylation is 1. The van der Waals surface area contributed by atoms with Crippen LogP contribution in [0.15, 0.2) is 11.4 Å². The molecule has 0 aliphatic rings. The van der Waals surface area contributed by atoms with Crippen LogP contribution in [0.1, 0.15) is 24.3 Å². The van der Waals surface area contributed by atoms with Gasteiger partial charge in [-0.1, -0.05) is 13.8 Å². The van der Waals surface area contributed by atoms with Crippen LogP contribution in [0.4, 0.5) is 4.79 Å². The largest absolute Gasteiger partial charge is 0.453 e. The third-order valence-corrected chi connectivity index (χ3v) is 3.72. The van der Waals surface area contributed by atoms with E-state index in [1.807, 2.05) is 0 Å². The molecule has 1 amide bonds. The van der Waals surface area contributed by atoms with Gasteiger partial charge in [-0.15, -0.1) is 11.3 Å². The fraction of sp³-hybridized carbons (Fsp3) is 0.545. The van der Waals surface area contributed by atoms with Crippen molar-refractivity contribution < 1.29 is 9.53 Å². The van der Waals surface area contributed by atoms with Crippen molar-refractivity contribution in [1.82, 2.24) is 5.32 Å². The summed E-state index contributed by atoms with van der Waals surface area (Å²) in [6.45, 7) is 6.90. The van der Waals surface area contributed by atoms with E-state index in [0.29, 0.717) is 6.54 Å². The molecule has 0 fully saturated rings. The number of nitrogens with one attached hydrogen (secondary N) is 1. The van der Waals surface area contributed by atoms with Gasteiger partial charge in [0.25, 0.3) is 0 Å². The van der Waals surface area contributed by atoms with Gasteiger partial charge in [-0.05, 0) is 23.9 Å². The van der Waals surface area contributed by atoms with Gasteiger partial charge in [0.05, 0.1) is 7.11 Å². The summed E-state index contributed by atoms with van der Waals surface area (Å²) in [5, 5.41) is 4.81. The first-order valence-electron chi connectivity index (χ1n) is 4.84. The standard InChI is InChI=1S/C11H17NO2S/c1-8-5-6-15-9(8)11(2,3)7-12-10(13)14-4/h5-6H,7H2,1-4H3,(H,12,13). The van der Waals surface area contributed by atoms with Crippen LogP contribution in [0.5, 0.6) is 0 Å². The van der Waals surface area contributed by atoms with E-state index < -0.39 is 0 Å². The van der Waals surface area contributed by atoms with Crippen LogP contribution in [0, 0.1) is 6.92 Å². The van der Waals surface area contributed by atoms with Gasteiger partial charge < -0.3 is 10.1 Å². The number of amides is 1. The van der Waals surface area contributed by atoms with Gasteiger partial charge in [0.1, 0.15) is 0 Å². The molecule has 0 saturated heterocycles. The highest BCUT2D eigenvalue weighted by Crippen LogP contribution is 2.30. The first kappa shape index (κ1) is 12.0. The predicted molar refractivity (Wildman–Crippen MR) is 62.5 cm³/mol. The molecule has 1 aromatic rings. The highest BCUT2D eigenvalue weighted by Gasteiger charge is 2.24. The predicted octanol–water partition coefficient (Wildman–Crippen LogP) is 2.69. The molecule has 1 heterocycles. The summed E-state index contributed by atoms with van der Waals surface area (Å²) < 4.78 is 4.55. The number of methoxy groups -OCH3 is 1. The lowest BCUT2D eigenvalue weighted by Gasteiger charge is -2.24. The molecule has 0 bridgehead atoms. The molecule has 15 heavy (non-hydrogen) atoms.